The first-order chi connectivity index (χ1) is 15.1. The fourth-order valence-corrected chi connectivity index (χ4v) is 4.88. The summed E-state index contributed by atoms with van der Waals surface area (Å²) in [6, 6.07) is 18.3. The highest BCUT2D eigenvalue weighted by Gasteiger charge is 2.31. The second kappa shape index (κ2) is 8.32. The van der Waals surface area contributed by atoms with Crippen LogP contribution in [0, 0.1) is 0 Å². The van der Waals surface area contributed by atoms with E-state index in [1.165, 1.54) is 22.3 Å². The average molecular weight is 480 g/mol. The molecule has 1 aromatic heterocycles. The monoisotopic (exact) mass is 479 g/mol. The van der Waals surface area contributed by atoms with Crippen LogP contribution in [-0.2, 0) is 4.74 Å². The van der Waals surface area contributed by atoms with Gasteiger partial charge in [-0.15, -0.1) is 0 Å². The van der Waals surface area contributed by atoms with Crippen LogP contribution >= 0.6 is 15.9 Å². The number of benzene rings is 2. The number of halogens is 1. The van der Waals surface area contributed by atoms with Crippen LogP contribution in [0.4, 0.5) is 4.79 Å². The van der Waals surface area contributed by atoms with Crippen molar-refractivity contribution in [2.75, 3.05) is 26.2 Å². The molecule has 2 aliphatic rings. The lowest BCUT2D eigenvalue weighted by Crippen LogP contribution is -2.48. The van der Waals surface area contributed by atoms with Gasteiger partial charge >= 0.3 is 6.09 Å². The maximum Gasteiger partial charge on any atom is 0.409 e. The van der Waals surface area contributed by atoms with Crippen molar-refractivity contribution in [2.24, 2.45) is 0 Å². The molecule has 3 aromatic rings. The summed E-state index contributed by atoms with van der Waals surface area (Å²) in [6.07, 6.45) is 1.38. The Morgan fingerprint density at radius 1 is 1.10 bits per heavy atom. The number of fused-ring (bicyclic) bond motifs is 3. The third-order valence-corrected chi connectivity index (χ3v) is 6.64. The molecule has 1 aliphatic carbocycles. The Morgan fingerprint density at radius 2 is 1.77 bits per heavy atom. The summed E-state index contributed by atoms with van der Waals surface area (Å²) in [6.45, 7) is 2.03. The van der Waals surface area contributed by atoms with E-state index in [2.05, 4.69) is 50.5 Å². The minimum Gasteiger partial charge on any atom is -0.448 e. The van der Waals surface area contributed by atoms with E-state index in [0.29, 0.717) is 30.7 Å². The molecule has 0 spiro atoms. The molecule has 1 atom stereocenters. The van der Waals surface area contributed by atoms with Gasteiger partial charge in [-0.05, 0) is 49.8 Å². The van der Waals surface area contributed by atoms with Gasteiger partial charge in [0, 0.05) is 31.7 Å². The molecule has 31 heavy (non-hydrogen) atoms. The first-order valence-corrected chi connectivity index (χ1v) is 11.1. The molecule has 158 valence electrons. The molecular weight excluding hydrogens is 458 g/mol. The van der Waals surface area contributed by atoms with Crippen molar-refractivity contribution in [3.05, 3.63) is 92.3 Å². The molecular formula is C24H22BrN3O3. The normalized spacial score (nSPS) is 17.8. The summed E-state index contributed by atoms with van der Waals surface area (Å²) >= 11 is 3.27. The third kappa shape index (κ3) is 3.79. The zero-order valence-electron chi connectivity index (χ0n) is 16.8. The fraction of sp³-hybridized carbons (Fsp3) is 0.250. The van der Waals surface area contributed by atoms with Gasteiger partial charge in [-0.1, -0.05) is 48.5 Å². The summed E-state index contributed by atoms with van der Waals surface area (Å²) in [7, 11) is 0. The van der Waals surface area contributed by atoms with Crippen molar-refractivity contribution in [2.45, 2.75) is 12.0 Å². The van der Waals surface area contributed by atoms with E-state index < -0.39 is 0 Å². The molecule has 0 saturated carbocycles. The Balaban J connectivity index is 1.28. The van der Waals surface area contributed by atoms with Crippen LogP contribution in [-0.4, -0.2) is 42.2 Å². The number of H-pyrrole nitrogens is 1. The molecule has 0 radical (unpaired) electrons. The second-order valence-corrected chi connectivity index (χ2v) is 8.72. The highest BCUT2D eigenvalue weighted by atomic mass is 79.9. The van der Waals surface area contributed by atoms with Gasteiger partial charge in [0.1, 0.15) is 6.61 Å². The molecule has 7 heteroatoms. The third-order valence-electron chi connectivity index (χ3n) is 6.05. The Kier molecular flexibility index (Phi) is 5.38. The van der Waals surface area contributed by atoms with E-state index in [4.69, 9.17) is 4.74 Å². The van der Waals surface area contributed by atoms with E-state index >= 15 is 0 Å². The number of nitrogens with one attached hydrogen (secondary N) is 2. The van der Waals surface area contributed by atoms with Crippen molar-refractivity contribution < 1.29 is 9.53 Å². The largest absolute Gasteiger partial charge is 0.448 e. The number of rotatable bonds is 3. The van der Waals surface area contributed by atoms with Gasteiger partial charge in [0.2, 0.25) is 0 Å². The first-order valence-electron chi connectivity index (χ1n) is 10.3. The molecule has 2 N–H and O–H groups in total. The SMILES string of the molecule is O=C(OCC1c2ccccc2-c2ccccc21)N1CCNC(c2c[nH]c(=O)c(Br)c2)C1. The van der Waals surface area contributed by atoms with Crippen LogP contribution in [0.15, 0.2) is 70.1 Å². The smallest absolute Gasteiger partial charge is 0.409 e. The Bertz CT molecular complexity index is 1150. The molecule has 1 unspecified atom stereocenters. The van der Waals surface area contributed by atoms with Crippen molar-refractivity contribution in [1.82, 2.24) is 15.2 Å². The maximum absolute atomic E-state index is 12.9. The zero-order valence-corrected chi connectivity index (χ0v) is 18.4. The number of hydrogen-bond donors (Lipinski definition) is 2. The van der Waals surface area contributed by atoms with Crippen molar-refractivity contribution in [1.29, 1.82) is 0 Å². The molecule has 1 fully saturated rings. The number of pyridine rings is 1. The van der Waals surface area contributed by atoms with Gasteiger partial charge < -0.3 is 19.9 Å². The van der Waals surface area contributed by atoms with Gasteiger partial charge in [-0.25, -0.2) is 4.79 Å². The molecule has 5 rings (SSSR count). The minimum atomic E-state index is -0.308. The van der Waals surface area contributed by atoms with Crippen molar-refractivity contribution in [3.63, 3.8) is 0 Å². The first kappa shape index (κ1) is 20.0. The number of nitrogens with zero attached hydrogens (tertiary/aromatic N) is 1. The lowest BCUT2D eigenvalue weighted by atomic mass is 9.98. The summed E-state index contributed by atoms with van der Waals surface area (Å²) in [5, 5.41) is 3.40. The Morgan fingerprint density at radius 3 is 2.45 bits per heavy atom. The highest BCUT2D eigenvalue weighted by molar-refractivity contribution is 9.10. The van der Waals surface area contributed by atoms with E-state index in [9.17, 15) is 9.59 Å². The zero-order chi connectivity index (χ0) is 21.4. The number of ether oxygens (including phenoxy) is 1. The molecule has 2 heterocycles. The number of hydrogen-bond acceptors (Lipinski definition) is 4. The van der Waals surface area contributed by atoms with Crippen LogP contribution in [0.2, 0.25) is 0 Å². The van der Waals surface area contributed by atoms with Crippen LogP contribution in [0.3, 0.4) is 0 Å². The quantitative estimate of drug-likeness (QED) is 0.594. The van der Waals surface area contributed by atoms with E-state index in [1.807, 2.05) is 24.3 Å². The molecule has 0 bridgehead atoms. The Labute approximate surface area is 188 Å². The molecule has 1 saturated heterocycles. The molecule has 2 aromatic carbocycles. The minimum absolute atomic E-state index is 0.0465. The van der Waals surface area contributed by atoms with Gasteiger partial charge in [0.05, 0.1) is 10.5 Å². The number of carbonyl (C=O) groups excluding carboxylic acids is 1. The van der Waals surface area contributed by atoms with Crippen molar-refractivity contribution >= 4 is 22.0 Å². The summed E-state index contributed by atoms with van der Waals surface area (Å²) in [5.74, 6) is 0.0465. The topological polar surface area (TPSA) is 74.4 Å². The number of aromatic amines is 1. The highest BCUT2D eigenvalue weighted by Crippen LogP contribution is 2.44. The van der Waals surface area contributed by atoms with Crippen LogP contribution in [0.25, 0.3) is 11.1 Å². The van der Waals surface area contributed by atoms with E-state index in [0.717, 1.165) is 5.56 Å². The lowest BCUT2D eigenvalue weighted by molar-refractivity contribution is 0.0882. The standard InChI is InChI=1S/C24H22BrN3O3/c25-21-11-15(12-27-23(21)29)22-13-28(10-9-26-22)24(30)31-14-20-18-7-3-1-5-16(18)17-6-2-4-8-19(17)20/h1-8,11-12,20,22,26H,9-10,13-14H2,(H,27,29). The van der Waals surface area contributed by atoms with E-state index in [-0.39, 0.29) is 23.6 Å². The van der Waals surface area contributed by atoms with Gasteiger partial charge in [-0.3, -0.25) is 4.79 Å². The fourth-order valence-electron chi connectivity index (χ4n) is 4.50. The van der Waals surface area contributed by atoms with Crippen LogP contribution < -0.4 is 10.9 Å². The molecule has 6 nitrogen and oxygen atoms in total. The average Bonchev–Trinajstić information content (AvgIpc) is 3.13. The van der Waals surface area contributed by atoms with Crippen molar-refractivity contribution in [3.8, 4) is 11.1 Å². The van der Waals surface area contributed by atoms with Gasteiger partial charge in [0.15, 0.2) is 0 Å². The number of carbonyl (C=O) groups is 1. The second-order valence-electron chi connectivity index (χ2n) is 7.87. The van der Waals surface area contributed by atoms with Gasteiger partial charge in [0.25, 0.3) is 5.56 Å². The molecule has 1 amide bonds. The lowest BCUT2D eigenvalue weighted by Gasteiger charge is -2.33. The summed E-state index contributed by atoms with van der Waals surface area (Å²) in [4.78, 5) is 28.9. The number of aromatic nitrogens is 1. The number of piperazine rings is 1. The number of amides is 1. The van der Waals surface area contributed by atoms with Crippen LogP contribution in [0.1, 0.15) is 28.7 Å². The molecule has 1 aliphatic heterocycles. The van der Waals surface area contributed by atoms with Crippen LogP contribution in [0.5, 0.6) is 0 Å². The predicted octanol–water partition coefficient (Wildman–Crippen LogP) is 4.03. The van der Waals surface area contributed by atoms with Gasteiger partial charge in [-0.2, -0.15) is 0 Å². The predicted molar refractivity (Wildman–Crippen MR) is 122 cm³/mol. The van der Waals surface area contributed by atoms with E-state index in [1.54, 1.807) is 17.2 Å². The Hall–Kier alpha value is -2.90. The maximum atomic E-state index is 12.9. The summed E-state index contributed by atoms with van der Waals surface area (Å²) in [5.41, 5.74) is 5.58. The summed E-state index contributed by atoms with van der Waals surface area (Å²) < 4.78 is 6.28.